The molecule has 0 spiro atoms. The average molecular weight is 443 g/mol. The van der Waals surface area contributed by atoms with Crippen LogP contribution in [0.2, 0.25) is 0 Å². The van der Waals surface area contributed by atoms with E-state index < -0.39 is 0 Å². The molecule has 0 aliphatic heterocycles. The summed E-state index contributed by atoms with van der Waals surface area (Å²) in [4.78, 5) is 15.4. The summed E-state index contributed by atoms with van der Waals surface area (Å²) in [5.74, 6) is 2.46. The van der Waals surface area contributed by atoms with E-state index in [1.807, 2.05) is 31.3 Å². The van der Waals surface area contributed by atoms with Gasteiger partial charge in [-0.1, -0.05) is 0 Å². The highest BCUT2D eigenvalue weighted by molar-refractivity contribution is 5.90. The number of nitrogens with zero attached hydrogens (tertiary/aromatic N) is 2. The normalized spacial score (nSPS) is 11.2. The zero-order valence-corrected chi connectivity index (χ0v) is 18.8. The van der Waals surface area contributed by atoms with Crippen LogP contribution in [0, 0.1) is 6.92 Å². The number of aromatic amines is 2. The molecule has 8 heteroatoms. The number of nitrogens with one attached hydrogen (secondary N) is 3. The first-order chi connectivity index (χ1) is 16.0. The van der Waals surface area contributed by atoms with Gasteiger partial charge in [-0.05, 0) is 55.7 Å². The maximum Gasteiger partial charge on any atom is 0.221 e. The molecule has 0 atom stereocenters. The SMILES string of the molecule is COc1cc(OC)c2[nH]cc(CCc3cnc(N)nc3Nc3ccc4[nH]c(C)cc4c3)c2c1. The van der Waals surface area contributed by atoms with Gasteiger partial charge >= 0.3 is 0 Å². The minimum absolute atomic E-state index is 0.237. The lowest BCUT2D eigenvalue weighted by Gasteiger charge is -2.12. The average Bonchev–Trinajstić information content (AvgIpc) is 3.39. The molecule has 0 bridgehead atoms. The predicted molar refractivity (Wildman–Crippen MR) is 132 cm³/mol. The number of hydrogen-bond acceptors (Lipinski definition) is 6. The van der Waals surface area contributed by atoms with E-state index in [0.29, 0.717) is 5.82 Å². The lowest BCUT2D eigenvalue weighted by Crippen LogP contribution is -2.05. The Labute approximate surface area is 191 Å². The second-order valence-electron chi connectivity index (χ2n) is 8.05. The predicted octanol–water partition coefficient (Wildman–Crippen LogP) is 4.88. The molecule has 5 rings (SSSR count). The molecular formula is C25H26N6O2. The van der Waals surface area contributed by atoms with Crippen molar-refractivity contribution in [3.8, 4) is 11.5 Å². The lowest BCUT2D eigenvalue weighted by molar-refractivity contribution is 0.397. The number of rotatable bonds is 7. The standard InChI is InChI=1S/C25H26N6O2/c1-14-8-17-9-18(6-7-21(17)29-14)30-24-16(13-28-25(26)31-24)5-4-15-12-27-23-20(15)10-19(32-2)11-22(23)33-3/h6-13,27,29H,4-5H2,1-3H3,(H3,26,28,30,31). The number of methoxy groups -OCH3 is 2. The van der Waals surface area contributed by atoms with Crippen LogP contribution >= 0.6 is 0 Å². The lowest BCUT2D eigenvalue weighted by atomic mass is 10.0. The fourth-order valence-electron chi connectivity index (χ4n) is 4.19. The van der Waals surface area contributed by atoms with Crippen molar-refractivity contribution in [2.24, 2.45) is 0 Å². The highest BCUT2D eigenvalue weighted by atomic mass is 16.5. The molecule has 3 heterocycles. The molecule has 0 radical (unpaired) electrons. The second-order valence-corrected chi connectivity index (χ2v) is 8.05. The van der Waals surface area contributed by atoms with E-state index in [2.05, 4.69) is 43.5 Å². The fourth-order valence-corrected chi connectivity index (χ4v) is 4.19. The molecule has 0 aliphatic rings. The van der Waals surface area contributed by atoms with E-state index in [1.54, 1.807) is 20.4 Å². The van der Waals surface area contributed by atoms with Gasteiger partial charge in [-0.25, -0.2) is 4.98 Å². The molecule has 2 aromatic carbocycles. The van der Waals surface area contributed by atoms with Crippen LogP contribution in [0.15, 0.2) is 48.8 Å². The molecule has 0 fully saturated rings. The Morgan fingerprint density at radius 1 is 1.03 bits per heavy atom. The van der Waals surface area contributed by atoms with Crippen LogP contribution in [0.3, 0.4) is 0 Å². The largest absolute Gasteiger partial charge is 0.497 e. The van der Waals surface area contributed by atoms with Crippen molar-refractivity contribution in [2.45, 2.75) is 19.8 Å². The summed E-state index contributed by atoms with van der Waals surface area (Å²) < 4.78 is 11.0. The number of hydrogen-bond donors (Lipinski definition) is 4. The summed E-state index contributed by atoms with van der Waals surface area (Å²) in [6.07, 6.45) is 5.33. The molecule has 0 aliphatic carbocycles. The first-order valence-corrected chi connectivity index (χ1v) is 10.7. The number of nitrogens with two attached hydrogens (primary N) is 1. The minimum atomic E-state index is 0.237. The van der Waals surface area contributed by atoms with E-state index in [-0.39, 0.29) is 5.95 Å². The van der Waals surface area contributed by atoms with Gasteiger partial charge in [0.2, 0.25) is 5.95 Å². The van der Waals surface area contributed by atoms with Crippen LogP contribution in [0.4, 0.5) is 17.5 Å². The summed E-state index contributed by atoms with van der Waals surface area (Å²) in [7, 11) is 3.31. The van der Waals surface area contributed by atoms with E-state index >= 15 is 0 Å². The van der Waals surface area contributed by atoms with Gasteiger partial charge in [0, 0.05) is 51.7 Å². The Bertz CT molecular complexity index is 1450. The first kappa shape index (κ1) is 20.7. The number of anilines is 3. The van der Waals surface area contributed by atoms with Crippen molar-refractivity contribution in [2.75, 3.05) is 25.3 Å². The highest BCUT2D eigenvalue weighted by Gasteiger charge is 2.13. The summed E-state index contributed by atoms with van der Waals surface area (Å²) in [6.45, 7) is 2.05. The molecule has 0 amide bonds. The molecule has 8 nitrogen and oxygen atoms in total. The van der Waals surface area contributed by atoms with E-state index in [4.69, 9.17) is 15.2 Å². The fraction of sp³-hybridized carbons (Fsp3) is 0.200. The Morgan fingerprint density at radius 2 is 1.88 bits per heavy atom. The van der Waals surface area contributed by atoms with Gasteiger partial charge in [-0.3, -0.25) is 0 Å². The van der Waals surface area contributed by atoms with Gasteiger partial charge in [-0.2, -0.15) is 4.98 Å². The van der Waals surface area contributed by atoms with Gasteiger partial charge in [-0.15, -0.1) is 0 Å². The smallest absolute Gasteiger partial charge is 0.221 e. The zero-order valence-electron chi connectivity index (χ0n) is 18.8. The van der Waals surface area contributed by atoms with Crippen molar-refractivity contribution in [3.63, 3.8) is 0 Å². The van der Waals surface area contributed by atoms with Crippen LogP contribution in [-0.2, 0) is 12.8 Å². The molecule has 3 aromatic heterocycles. The summed E-state index contributed by atoms with van der Waals surface area (Å²) in [5.41, 5.74) is 12.2. The minimum Gasteiger partial charge on any atom is -0.497 e. The molecule has 5 N–H and O–H groups in total. The van der Waals surface area contributed by atoms with Crippen LogP contribution < -0.4 is 20.5 Å². The Kier molecular flexibility index (Phi) is 5.26. The number of fused-ring (bicyclic) bond motifs is 2. The van der Waals surface area contributed by atoms with Crippen LogP contribution in [0.25, 0.3) is 21.8 Å². The molecule has 0 saturated carbocycles. The van der Waals surface area contributed by atoms with Gasteiger partial charge in [0.25, 0.3) is 0 Å². The van der Waals surface area contributed by atoms with Crippen molar-refractivity contribution in [3.05, 3.63) is 65.6 Å². The van der Waals surface area contributed by atoms with Crippen molar-refractivity contribution in [1.82, 2.24) is 19.9 Å². The summed E-state index contributed by atoms with van der Waals surface area (Å²) in [5, 5.41) is 5.64. The Hall–Kier alpha value is -4.20. The molecule has 5 aromatic rings. The molecule has 168 valence electrons. The summed E-state index contributed by atoms with van der Waals surface area (Å²) in [6, 6.07) is 12.2. The van der Waals surface area contributed by atoms with Crippen molar-refractivity contribution in [1.29, 1.82) is 0 Å². The van der Waals surface area contributed by atoms with Crippen LogP contribution in [0.1, 0.15) is 16.8 Å². The topological polar surface area (TPSA) is 114 Å². The van der Waals surface area contributed by atoms with Gasteiger partial charge < -0.3 is 30.5 Å². The van der Waals surface area contributed by atoms with Gasteiger partial charge in [0.15, 0.2) is 0 Å². The molecule has 0 saturated heterocycles. The monoisotopic (exact) mass is 442 g/mol. The third kappa shape index (κ3) is 4.03. The zero-order chi connectivity index (χ0) is 22.9. The number of aromatic nitrogens is 4. The third-order valence-electron chi connectivity index (χ3n) is 5.83. The number of nitrogen functional groups attached to an aromatic ring is 1. The number of H-pyrrole nitrogens is 2. The number of aryl methyl sites for hydroxylation is 3. The second kappa shape index (κ2) is 8.38. The maximum atomic E-state index is 5.90. The third-order valence-corrected chi connectivity index (χ3v) is 5.83. The quantitative estimate of drug-likeness (QED) is 0.286. The van der Waals surface area contributed by atoms with Crippen molar-refractivity contribution >= 4 is 39.3 Å². The van der Waals surface area contributed by atoms with Gasteiger partial charge in [0.1, 0.15) is 17.3 Å². The van der Waals surface area contributed by atoms with E-state index in [0.717, 1.165) is 68.7 Å². The Morgan fingerprint density at radius 3 is 2.70 bits per heavy atom. The molecule has 0 unspecified atom stereocenters. The van der Waals surface area contributed by atoms with Crippen molar-refractivity contribution < 1.29 is 9.47 Å². The number of ether oxygens (including phenoxy) is 2. The molecular weight excluding hydrogens is 416 g/mol. The van der Waals surface area contributed by atoms with Crippen LogP contribution in [0.5, 0.6) is 11.5 Å². The van der Waals surface area contributed by atoms with Gasteiger partial charge in [0.05, 0.1) is 19.7 Å². The maximum absolute atomic E-state index is 5.90. The van der Waals surface area contributed by atoms with E-state index in [9.17, 15) is 0 Å². The van der Waals surface area contributed by atoms with E-state index in [1.165, 1.54) is 0 Å². The highest BCUT2D eigenvalue weighted by Crippen LogP contribution is 2.33. The Balaban J connectivity index is 1.42. The molecule has 33 heavy (non-hydrogen) atoms. The number of benzene rings is 2. The first-order valence-electron chi connectivity index (χ1n) is 10.7. The summed E-state index contributed by atoms with van der Waals surface area (Å²) >= 11 is 0. The van der Waals surface area contributed by atoms with Crippen LogP contribution in [-0.4, -0.2) is 34.2 Å².